The first-order valence-electron chi connectivity index (χ1n) is 11.2. The number of rotatable bonds is 12. The molecule has 2 aromatic rings. The molecule has 0 aliphatic rings. The first-order chi connectivity index (χ1) is 12.8. The van der Waals surface area contributed by atoms with Gasteiger partial charge in [0.05, 0.1) is 0 Å². The van der Waals surface area contributed by atoms with Crippen LogP contribution in [0.25, 0.3) is 10.8 Å². The Hall–Kier alpha value is -1.37. The lowest BCUT2D eigenvalue weighted by Gasteiger charge is -2.23. The fraction of sp³-hybridized carbons (Fsp3) is 0.640. The van der Waals surface area contributed by atoms with E-state index in [-0.39, 0.29) is 0 Å². The molecule has 0 saturated carbocycles. The van der Waals surface area contributed by atoms with E-state index in [1.165, 1.54) is 87.8 Å². The van der Waals surface area contributed by atoms with Gasteiger partial charge in [-0.05, 0) is 85.1 Å². The van der Waals surface area contributed by atoms with E-state index in [0.717, 1.165) is 0 Å². The molecule has 0 fully saturated rings. The van der Waals surface area contributed by atoms with Gasteiger partial charge in [-0.15, -0.1) is 0 Å². The van der Waals surface area contributed by atoms with Gasteiger partial charge < -0.3 is 0 Å². The minimum atomic E-state index is 1.21. The van der Waals surface area contributed by atoms with Gasteiger partial charge in [-0.3, -0.25) is 4.98 Å². The third-order valence-corrected chi connectivity index (χ3v) is 5.69. The third kappa shape index (κ3) is 5.09. The van der Waals surface area contributed by atoms with Gasteiger partial charge >= 0.3 is 0 Å². The molecular weight excluding hydrogens is 314 g/mol. The number of aryl methyl sites for hydroxylation is 2. The summed E-state index contributed by atoms with van der Waals surface area (Å²) < 4.78 is 0. The van der Waals surface area contributed by atoms with Crippen LogP contribution >= 0.6 is 0 Å². The molecule has 0 radical (unpaired) electrons. The van der Waals surface area contributed by atoms with Crippen LogP contribution in [0.1, 0.15) is 101 Å². The van der Waals surface area contributed by atoms with Gasteiger partial charge in [0.1, 0.15) is 0 Å². The second-order valence-corrected chi connectivity index (χ2v) is 7.75. The highest BCUT2D eigenvalue weighted by atomic mass is 14.6. The summed E-state index contributed by atoms with van der Waals surface area (Å²) in [6.45, 7) is 9.25. The summed E-state index contributed by atoms with van der Waals surface area (Å²) in [4.78, 5) is 4.52. The lowest BCUT2D eigenvalue weighted by Crippen LogP contribution is -2.08. The molecule has 1 heterocycles. The molecule has 144 valence electrons. The van der Waals surface area contributed by atoms with Crippen LogP contribution in [-0.4, -0.2) is 4.98 Å². The maximum atomic E-state index is 4.52. The Labute approximate surface area is 161 Å². The molecule has 26 heavy (non-hydrogen) atoms. The number of hydrogen-bond donors (Lipinski definition) is 0. The summed E-state index contributed by atoms with van der Waals surface area (Å²) in [6.07, 6.45) is 19.3. The average molecular weight is 354 g/mol. The fourth-order valence-electron chi connectivity index (χ4n) is 4.18. The monoisotopic (exact) mass is 353 g/mol. The molecule has 0 N–H and O–H groups in total. The predicted molar refractivity (Wildman–Crippen MR) is 116 cm³/mol. The van der Waals surface area contributed by atoms with Gasteiger partial charge in [-0.1, -0.05) is 53.4 Å². The number of hydrogen-bond acceptors (Lipinski definition) is 1. The summed E-state index contributed by atoms with van der Waals surface area (Å²) in [7, 11) is 0. The average Bonchev–Trinajstić information content (AvgIpc) is 2.68. The molecule has 1 heteroatoms. The minimum Gasteiger partial charge on any atom is -0.264 e. The maximum Gasteiger partial charge on any atom is 0.0349 e. The molecule has 1 nitrogen and oxygen atoms in total. The van der Waals surface area contributed by atoms with Crippen molar-refractivity contribution >= 4 is 10.8 Å². The zero-order valence-corrected chi connectivity index (χ0v) is 17.7. The second kappa shape index (κ2) is 11.4. The van der Waals surface area contributed by atoms with Crippen molar-refractivity contribution in [3.05, 3.63) is 40.7 Å². The van der Waals surface area contributed by atoms with Crippen molar-refractivity contribution < 1.29 is 0 Å². The molecule has 0 aliphatic heterocycles. The van der Waals surface area contributed by atoms with Crippen LogP contribution in [0.3, 0.4) is 0 Å². The lowest BCUT2D eigenvalue weighted by atomic mass is 9.82. The van der Waals surface area contributed by atoms with Gasteiger partial charge in [0, 0.05) is 17.8 Å². The molecule has 2 rings (SSSR count). The second-order valence-electron chi connectivity index (χ2n) is 7.75. The third-order valence-electron chi connectivity index (χ3n) is 5.69. The topological polar surface area (TPSA) is 12.9 Å². The Morgan fingerprint density at radius 1 is 0.577 bits per heavy atom. The lowest BCUT2D eigenvalue weighted by molar-refractivity contribution is 0.724. The summed E-state index contributed by atoms with van der Waals surface area (Å²) in [5.74, 6) is 0. The van der Waals surface area contributed by atoms with E-state index in [9.17, 15) is 0 Å². The van der Waals surface area contributed by atoms with Crippen LogP contribution in [0, 0.1) is 0 Å². The molecular formula is C25H39N. The Balaban J connectivity index is 2.69. The van der Waals surface area contributed by atoms with E-state index in [1.54, 1.807) is 22.3 Å². The van der Waals surface area contributed by atoms with Gasteiger partial charge in [-0.2, -0.15) is 0 Å². The molecule has 0 spiro atoms. The zero-order chi connectivity index (χ0) is 18.8. The van der Waals surface area contributed by atoms with Crippen molar-refractivity contribution in [2.75, 3.05) is 0 Å². The SMILES string of the molecule is CCCCc1c(CCCC)c(CCCC)c2cnccc2c1CCCC. The largest absolute Gasteiger partial charge is 0.264 e. The molecule has 0 aliphatic carbocycles. The Morgan fingerprint density at radius 3 is 1.46 bits per heavy atom. The van der Waals surface area contributed by atoms with E-state index in [1.807, 2.05) is 6.20 Å². The summed E-state index contributed by atoms with van der Waals surface area (Å²) in [5, 5.41) is 2.93. The van der Waals surface area contributed by atoms with Crippen LogP contribution in [0.5, 0.6) is 0 Å². The number of nitrogens with zero attached hydrogens (tertiary/aromatic N) is 1. The number of pyridine rings is 1. The summed E-state index contributed by atoms with van der Waals surface area (Å²) in [5.41, 5.74) is 6.66. The Bertz CT molecular complexity index is 613. The smallest absolute Gasteiger partial charge is 0.0349 e. The van der Waals surface area contributed by atoms with E-state index in [4.69, 9.17) is 0 Å². The van der Waals surface area contributed by atoms with Crippen molar-refractivity contribution in [2.45, 2.75) is 105 Å². The number of aromatic nitrogens is 1. The van der Waals surface area contributed by atoms with E-state index >= 15 is 0 Å². The minimum absolute atomic E-state index is 1.21. The molecule has 0 atom stereocenters. The van der Waals surface area contributed by atoms with Crippen molar-refractivity contribution in [1.29, 1.82) is 0 Å². The highest BCUT2D eigenvalue weighted by Gasteiger charge is 2.18. The van der Waals surface area contributed by atoms with Gasteiger partial charge in [-0.25, -0.2) is 0 Å². The first-order valence-corrected chi connectivity index (χ1v) is 11.2. The van der Waals surface area contributed by atoms with Crippen LogP contribution < -0.4 is 0 Å². The summed E-state index contributed by atoms with van der Waals surface area (Å²) in [6, 6.07) is 2.29. The standard InChI is InChI=1S/C25H39N/c1-5-9-13-20-21(14-10-6-2)23(16-12-8-4)25-19-26-18-17-24(25)22(20)15-11-7-3/h17-19H,5-16H2,1-4H3. The molecule has 0 unspecified atom stereocenters. The van der Waals surface area contributed by atoms with Crippen LogP contribution in [-0.2, 0) is 25.7 Å². The van der Waals surface area contributed by atoms with Gasteiger partial charge in [0.15, 0.2) is 0 Å². The fourth-order valence-corrected chi connectivity index (χ4v) is 4.18. The predicted octanol–water partition coefficient (Wildman–Crippen LogP) is 7.61. The van der Waals surface area contributed by atoms with Crippen molar-refractivity contribution in [2.24, 2.45) is 0 Å². The van der Waals surface area contributed by atoms with Crippen molar-refractivity contribution in [1.82, 2.24) is 4.98 Å². The molecule has 0 saturated heterocycles. The van der Waals surface area contributed by atoms with E-state index in [0.29, 0.717) is 0 Å². The van der Waals surface area contributed by atoms with Crippen LogP contribution in [0.4, 0.5) is 0 Å². The molecule has 1 aromatic carbocycles. The van der Waals surface area contributed by atoms with Crippen molar-refractivity contribution in [3.63, 3.8) is 0 Å². The van der Waals surface area contributed by atoms with Crippen LogP contribution in [0.15, 0.2) is 18.5 Å². The maximum absolute atomic E-state index is 4.52. The summed E-state index contributed by atoms with van der Waals surface area (Å²) >= 11 is 0. The number of benzene rings is 1. The molecule has 0 amide bonds. The van der Waals surface area contributed by atoms with Crippen LogP contribution in [0.2, 0.25) is 0 Å². The highest BCUT2D eigenvalue weighted by molar-refractivity contribution is 5.90. The Kier molecular flexibility index (Phi) is 9.15. The quantitative estimate of drug-likeness (QED) is 0.382. The highest BCUT2D eigenvalue weighted by Crippen LogP contribution is 2.34. The van der Waals surface area contributed by atoms with E-state index in [2.05, 4.69) is 44.9 Å². The van der Waals surface area contributed by atoms with Gasteiger partial charge in [0.2, 0.25) is 0 Å². The zero-order valence-electron chi connectivity index (χ0n) is 17.7. The van der Waals surface area contributed by atoms with E-state index < -0.39 is 0 Å². The van der Waals surface area contributed by atoms with Crippen molar-refractivity contribution in [3.8, 4) is 0 Å². The first kappa shape index (κ1) is 20.9. The molecule has 0 bridgehead atoms. The molecule has 1 aromatic heterocycles. The normalized spacial score (nSPS) is 11.4. The van der Waals surface area contributed by atoms with Gasteiger partial charge in [0.25, 0.3) is 0 Å². The number of fused-ring (bicyclic) bond motifs is 1. The number of unbranched alkanes of at least 4 members (excludes halogenated alkanes) is 4. The Morgan fingerprint density at radius 2 is 1.00 bits per heavy atom.